The number of hydrogen-bond donors (Lipinski definition) is 0. The van der Waals surface area contributed by atoms with Gasteiger partial charge in [-0.05, 0) is 0 Å². The van der Waals surface area contributed by atoms with Crippen LogP contribution in [-0.4, -0.2) is 42.3 Å². The Morgan fingerprint density at radius 3 is 3.00 bits per heavy atom. The molecule has 0 aromatic carbocycles. The number of rotatable bonds is 2. The highest BCUT2D eigenvalue weighted by Crippen LogP contribution is 2.02. The number of nitrogens with zero attached hydrogens (tertiary/aromatic N) is 2. The largest absolute Gasteiger partial charge is 0.785 e. The van der Waals surface area contributed by atoms with Crippen LogP contribution in [-0.2, 0) is 4.74 Å². The van der Waals surface area contributed by atoms with Gasteiger partial charge in [-0.15, -0.1) is 0 Å². The van der Waals surface area contributed by atoms with Gasteiger partial charge >= 0.3 is 0 Å². The van der Waals surface area contributed by atoms with Gasteiger partial charge in [-0.2, -0.15) is 0 Å². The van der Waals surface area contributed by atoms with Crippen LogP contribution in [0.25, 0.3) is 0 Å². The first-order valence-corrected chi connectivity index (χ1v) is 3.34. The maximum atomic E-state index is 10.7. The van der Waals surface area contributed by atoms with Crippen molar-refractivity contribution in [1.29, 1.82) is 0 Å². The van der Waals surface area contributed by atoms with Crippen LogP contribution in [0.1, 0.15) is 0 Å². The molecule has 1 fully saturated rings. The first-order chi connectivity index (χ1) is 5.18. The Balaban J connectivity index is 2.28. The van der Waals surface area contributed by atoms with Crippen molar-refractivity contribution in [3.63, 3.8) is 0 Å². The third-order valence-electron chi connectivity index (χ3n) is 1.45. The molecule has 11 heavy (non-hydrogen) atoms. The molecule has 0 aromatic heterocycles. The summed E-state index contributed by atoms with van der Waals surface area (Å²) in [6.45, 7) is 0.440. The highest BCUT2D eigenvalue weighted by Gasteiger charge is 2.19. The molecule has 0 radical (unpaired) electrons. The van der Waals surface area contributed by atoms with Gasteiger partial charge in [-0.3, -0.25) is 10.1 Å². The van der Waals surface area contributed by atoms with E-state index < -0.39 is 11.0 Å². The zero-order chi connectivity index (χ0) is 8.27. The third kappa shape index (κ3) is 2.79. The fourth-order valence-electron chi connectivity index (χ4n) is 0.969. The average molecular weight is 161 g/mol. The van der Waals surface area contributed by atoms with Crippen LogP contribution in [0, 0.1) is 15.3 Å². The van der Waals surface area contributed by atoms with E-state index in [9.17, 15) is 15.3 Å². The zero-order valence-electron chi connectivity index (χ0n) is 5.93. The molecule has 0 aliphatic carbocycles. The summed E-state index contributed by atoms with van der Waals surface area (Å²) in [4.78, 5) is 9.51. The Bertz CT molecular complexity index is 151. The van der Waals surface area contributed by atoms with Gasteiger partial charge in [0.1, 0.15) is 6.10 Å². The molecule has 1 rings (SSSR count). The molecule has 0 aromatic rings. The first-order valence-electron chi connectivity index (χ1n) is 3.34. The summed E-state index contributed by atoms with van der Waals surface area (Å²) in [6, 6.07) is 0. The van der Waals surface area contributed by atoms with Gasteiger partial charge in [-0.1, -0.05) is 0 Å². The van der Waals surface area contributed by atoms with E-state index in [-0.39, 0.29) is 13.1 Å². The lowest BCUT2D eigenvalue weighted by atomic mass is 10.3. The fraction of sp³-hybridized carbons (Fsp3) is 1.00. The molecule has 1 aliphatic heterocycles. The molecule has 6 nitrogen and oxygen atoms in total. The standard InChI is InChI=1S/C5H9N2O4/c8-6-1-2-11-5(3-6)4-7(9)10/h5H,1-4H2/q-1. The van der Waals surface area contributed by atoms with E-state index >= 15 is 0 Å². The van der Waals surface area contributed by atoms with Crippen molar-refractivity contribution in [2.75, 3.05) is 26.2 Å². The summed E-state index contributed by atoms with van der Waals surface area (Å²) >= 11 is 0. The maximum absolute atomic E-state index is 10.7. The highest BCUT2D eigenvalue weighted by molar-refractivity contribution is 4.70. The Morgan fingerprint density at radius 2 is 2.45 bits per heavy atom. The van der Waals surface area contributed by atoms with E-state index in [2.05, 4.69) is 0 Å². The van der Waals surface area contributed by atoms with Crippen LogP contribution in [0.3, 0.4) is 0 Å². The molecule has 1 atom stereocenters. The Morgan fingerprint density at radius 1 is 1.73 bits per heavy atom. The van der Waals surface area contributed by atoms with Gasteiger partial charge < -0.3 is 15.0 Å². The zero-order valence-corrected chi connectivity index (χ0v) is 5.93. The van der Waals surface area contributed by atoms with Crippen LogP contribution < -0.4 is 0 Å². The van der Waals surface area contributed by atoms with E-state index in [0.29, 0.717) is 13.2 Å². The van der Waals surface area contributed by atoms with Gasteiger partial charge in [0, 0.05) is 18.0 Å². The van der Waals surface area contributed by atoms with Crippen LogP contribution in [0.5, 0.6) is 0 Å². The van der Waals surface area contributed by atoms with E-state index in [1.165, 1.54) is 0 Å². The van der Waals surface area contributed by atoms with E-state index in [0.717, 1.165) is 5.06 Å². The molecule has 0 spiro atoms. The van der Waals surface area contributed by atoms with Crippen LogP contribution in [0.4, 0.5) is 0 Å². The minimum absolute atomic E-state index is 0.112. The lowest BCUT2D eigenvalue weighted by Gasteiger charge is -2.35. The summed E-state index contributed by atoms with van der Waals surface area (Å²) < 4.78 is 4.98. The second kappa shape index (κ2) is 3.61. The van der Waals surface area contributed by atoms with Crippen LogP contribution >= 0.6 is 0 Å². The summed E-state index contributed by atoms with van der Waals surface area (Å²) in [6.07, 6.45) is -0.531. The molecular formula is C5H9N2O4-. The predicted octanol–water partition coefficient (Wildman–Crippen LogP) is -0.538. The summed E-state index contributed by atoms with van der Waals surface area (Å²) in [5.74, 6) is 0. The molecule has 0 N–H and O–H groups in total. The summed E-state index contributed by atoms with van der Waals surface area (Å²) in [7, 11) is 0. The molecule has 1 heterocycles. The van der Waals surface area contributed by atoms with E-state index in [4.69, 9.17) is 4.74 Å². The van der Waals surface area contributed by atoms with Gasteiger partial charge in [0.15, 0.2) is 0 Å². The van der Waals surface area contributed by atoms with Gasteiger partial charge in [0.2, 0.25) is 6.54 Å². The highest BCUT2D eigenvalue weighted by atomic mass is 16.6. The molecule has 1 saturated heterocycles. The van der Waals surface area contributed by atoms with Crippen molar-refractivity contribution < 1.29 is 9.66 Å². The smallest absolute Gasteiger partial charge is 0.230 e. The van der Waals surface area contributed by atoms with Crippen LogP contribution in [0.15, 0.2) is 0 Å². The molecule has 0 amide bonds. The summed E-state index contributed by atoms with van der Waals surface area (Å²) in [5, 5.41) is 21.4. The van der Waals surface area contributed by atoms with E-state index in [1.807, 2.05) is 0 Å². The number of morpholine rings is 1. The van der Waals surface area contributed by atoms with Gasteiger partial charge in [0.25, 0.3) is 0 Å². The molecule has 0 bridgehead atoms. The Labute approximate surface area is 63.5 Å². The number of ether oxygens (including phenoxy) is 1. The van der Waals surface area contributed by atoms with Gasteiger partial charge in [0.05, 0.1) is 6.61 Å². The first kappa shape index (κ1) is 8.38. The van der Waals surface area contributed by atoms with Crippen LogP contribution in [0.2, 0.25) is 0 Å². The van der Waals surface area contributed by atoms with Crippen molar-refractivity contribution in [1.82, 2.24) is 5.06 Å². The molecule has 1 unspecified atom stereocenters. The maximum Gasteiger partial charge on any atom is 0.230 e. The Kier molecular flexibility index (Phi) is 2.75. The molecule has 1 aliphatic rings. The predicted molar refractivity (Wildman–Crippen MR) is 36.5 cm³/mol. The second-order valence-corrected chi connectivity index (χ2v) is 2.40. The second-order valence-electron chi connectivity index (χ2n) is 2.40. The monoisotopic (exact) mass is 161 g/mol. The number of hydrogen-bond acceptors (Lipinski definition) is 5. The SMILES string of the molecule is O=[N+]([O-])CC1CN([O-])CCO1. The minimum Gasteiger partial charge on any atom is -0.785 e. The lowest BCUT2D eigenvalue weighted by Crippen LogP contribution is -2.42. The van der Waals surface area contributed by atoms with Crippen molar-refractivity contribution in [3.8, 4) is 0 Å². The molecule has 0 saturated carbocycles. The lowest BCUT2D eigenvalue weighted by molar-refractivity contribution is -0.492. The van der Waals surface area contributed by atoms with Gasteiger partial charge in [-0.25, -0.2) is 0 Å². The average Bonchev–Trinajstić information content (AvgIpc) is 1.85. The molecule has 64 valence electrons. The molecule has 6 heteroatoms. The third-order valence-corrected chi connectivity index (χ3v) is 1.45. The molecular weight excluding hydrogens is 152 g/mol. The number of nitro groups is 1. The fourth-order valence-corrected chi connectivity index (χ4v) is 0.969. The Hall–Kier alpha value is -0.720. The quantitative estimate of drug-likeness (QED) is 0.401. The topological polar surface area (TPSA) is 78.7 Å². The number of hydroxylamine groups is 2. The van der Waals surface area contributed by atoms with Crippen molar-refractivity contribution in [2.24, 2.45) is 0 Å². The van der Waals surface area contributed by atoms with Crippen molar-refractivity contribution >= 4 is 0 Å². The van der Waals surface area contributed by atoms with Crippen molar-refractivity contribution in [2.45, 2.75) is 6.10 Å². The summed E-state index contributed by atoms with van der Waals surface area (Å²) in [5.41, 5.74) is 0. The van der Waals surface area contributed by atoms with Crippen molar-refractivity contribution in [3.05, 3.63) is 15.3 Å². The van der Waals surface area contributed by atoms with E-state index in [1.54, 1.807) is 0 Å². The normalized spacial score (nSPS) is 26.8. The minimum atomic E-state index is -0.531.